The summed E-state index contributed by atoms with van der Waals surface area (Å²) in [7, 11) is -3.93. The number of rotatable bonds is 5. The average molecular weight is 409 g/mol. The highest BCUT2D eigenvalue weighted by molar-refractivity contribution is 7.92. The molecule has 2 aromatic rings. The number of carbonyl (C=O) groups excluding carboxylic acids is 1. The van der Waals surface area contributed by atoms with E-state index in [0.717, 1.165) is 24.1 Å². The Morgan fingerprint density at radius 2 is 1.68 bits per heavy atom. The van der Waals surface area contributed by atoms with Crippen LogP contribution in [-0.2, 0) is 14.8 Å². The number of hydrogen-bond donors (Lipinski definition) is 0. The van der Waals surface area contributed by atoms with E-state index < -0.39 is 34.1 Å². The highest BCUT2D eigenvalue weighted by Gasteiger charge is 2.28. The molecule has 0 aliphatic carbocycles. The van der Waals surface area contributed by atoms with E-state index in [-0.39, 0.29) is 5.69 Å². The maximum Gasteiger partial charge on any atom is 0.243 e. The second-order valence-electron chi connectivity index (χ2n) is 6.57. The highest BCUT2D eigenvalue weighted by atomic mass is 32.2. The molecule has 150 valence electrons. The van der Waals surface area contributed by atoms with Gasteiger partial charge in [0.25, 0.3) is 0 Å². The van der Waals surface area contributed by atoms with Crippen LogP contribution >= 0.6 is 0 Å². The first kappa shape index (κ1) is 20.1. The van der Waals surface area contributed by atoms with Crippen molar-refractivity contribution in [3.63, 3.8) is 0 Å². The lowest BCUT2D eigenvalue weighted by Gasteiger charge is -2.37. The Bertz CT molecular complexity index is 946. The fourth-order valence-electron chi connectivity index (χ4n) is 3.14. The van der Waals surface area contributed by atoms with Gasteiger partial charge in [-0.05, 0) is 24.3 Å². The lowest BCUT2D eigenvalue weighted by molar-refractivity contribution is -0.129. The molecule has 28 heavy (non-hydrogen) atoms. The van der Waals surface area contributed by atoms with Crippen molar-refractivity contribution in [2.24, 2.45) is 0 Å². The number of benzene rings is 2. The molecule has 1 saturated heterocycles. The number of halogens is 2. The summed E-state index contributed by atoms with van der Waals surface area (Å²) in [4.78, 5) is 16.3. The van der Waals surface area contributed by atoms with E-state index in [0.29, 0.717) is 36.6 Å². The van der Waals surface area contributed by atoms with Crippen molar-refractivity contribution >= 4 is 27.3 Å². The molecule has 1 aliphatic rings. The predicted octanol–water partition coefficient (Wildman–Crippen LogP) is 2.08. The zero-order valence-corrected chi connectivity index (χ0v) is 16.2. The second-order valence-corrected chi connectivity index (χ2v) is 8.48. The Morgan fingerprint density at radius 1 is 1.04 bits per heavy atom. The molecule has 0 unspecified atom stereocenters. The molecule has 0 bridgehead atoms. The van der Waals surface area contributed by atoms with Crippen molar-refractivity contribution in [3.8, 4) is 0 Å². The van der Waals surface area contributed by atoms with Crippen LogP contribution < -0.4 is 9.21 Å². The Morgan fingerprint density at radius 3 is 2.25 bits per heavy atom. The third-order valence-corrected chi connectivity index (χ3v) is 5.74. The van der Waals surface area contributed by atoms with E-state index in [1.54, 1.807) is 4.90 Å². The number of amides is 1. The van der Waals surface area contributed by atoms with Crippen LogP contribution in [0.3, 0.4) is 0 Å². The van der Waals surface area contributed by atoms with E-state index in [9.17, 15) is 22.0 Å². The average Bonchev–Trinajstić information content (AvgIpc) is 2.66. The molecule has 0 saturated carbocycles. The van der Waals surface area contributed by atoms with Gasteiger partial charge in [-0.25, -0.2) is 17.2 Å². The van der Waals surface area contributed by atoms with Crippen LogP contribution in [0.4, 0.5) is 20.2 Å². The summed E-state index contributed by atoms with van der Waals surface area (Å²) in [6.07, 6.45) is 0.885. The van der Waals surface area contributed by atoms with Gasteiger partial charge in [-0.2, -0.15) is 0 Å². The Kier molecular flexibility index (Phi) is 5.83. The molecule has 1 heterocycles. The van der Waals surface area contributed by atoms with Crippen molar-refractivity contribution in [3.05, 3.63) is 60.2 Å². The van der Waals surface area contributed by atoms with Crippen LogP contribution in [-0.4, -0.2) is 58.2 Å². The van der Waals surface area contributed by atoms with Crippen LogP contribution in [0.2, 0.25) is 0 Å². The van der Waals surface area contributed by atoms with Crippen molar-refractivity contribution < 1.29 is 22.0 Å². The smallest absolute Gasteiger partial charge is 0.243 e. The van der Waals surface area contributed by atoms with Crippen LogP contribution in [0, 0.1) is 11.6 Å². The Balaban J connectivity index is 1.70. The lowest BCUT2D eigenvalue weighted by atomic mass is 10.2. The Hall–Kier alpha value is -2.68. The summed E-state index contributed by atoms with van der Waals surface area (Å²) in [5.74, 6) is -2.29. The van der Waals surface area contributed by atoms with Gasteiger partial charge in [0.1, 0.15) is 18.2 Å². The number of piperazine rings is 1. The first-order valence-corrected chi connectivity index (χ1v) is 10.6. The van der Waals surface area contributed by atoms with Gasteiger partial charge >= 0.3 is 0 Å². The van der Waals surface area contributed by atoms with Gasteiger partial charge in [-0.3, -0.25) is 9.10 Å². The predicted molar refractivity (Wildman–Crippen MR) is 104 cm³/mol. The zero-order chi connectivity index (χ0) is 20.3. The number of nitrogens with zero attached hydrogens (tertiary/aromatic N) is 3. The minimum absolute atomic E-state index is 0.347. The van der Waals surface area contributed by atoms with Gasteiger partial charge < -0.3 is 9.80 Å². The van der Waals surface area contributed by atoms with Crippen LogP contribution in [0.25, 0.3) is 0 Å². The lowest BCUT2D eigenvalue weighted by Crippen LogP contribution is -2.52. The van der Waals surface area contributed by atoms with Crippen LogP contribution in [0.1, 0.15) is 0 Å². The topological polar surface area (TPSA) is 60.9 Å². The molecule has 1 amide bonds. The minimum Gasteiger partial charge on any atom is -0.368 e. The standard InChI is InChI=1S/C19H21F2N3O3S/c1-28(26,27)24(18-8-7-15(20)13-17(18)21)14-19(25)23-11-9-22(10-12-23)16-5-3-2-4-6-16/h2-8,13H,9-12,14H2,1H3. The Labute approximate surface area is 163 Å². The van der Waals surface area contributed by atoms with E-state index in [4.69, 9.17) is 0 Å². The molecule has 0 atom stereocenters. The zero-order valence-electron chi connectivity index (χ0n) is 15.4. The van der Waals surface area contributed by atoms with E-state index in [1.807, 2.05) is 30.3 Å². The van der Waals surface area contributed by atoms with Gasteiger partial charge in [0, 0.05) is 37.9 Å². The molecule has 0 spiro atoms. The van der Waals surface area contributed by atoms with Gasteiger partial charge in [0.15, 0.2) is 0 Å². The molecular weight excluding hydrogens is 388 g/mol. The van der Waals surface area contributed by atoms with E-state index in [2.05, 4.69) is 4.90 Å². The number of para-hydroxylation sites is 1. The van der Waals surface area contributed by atoms with Crippen molar-refractivity contribution in [1.29, 1.82) is 0 Å². The van der Waals surface area contributed by atoms with E-state index in [1.165, 1.54) is 0 Å². The molecule has 0 N–H and O–H groups in total. The SMILES string of the molecule is CS(=O)(=O)N(CC(=O)N1CCN(c2ccccc2)CC1)c1ccc(F)cc1F. The highest BCUT2D eigenvalue weighted by Crippen LogP contribution is 2.23. The number of hydrogen-bond acceptors (Lipinski definition) is 4. The maximum absolute atomic E-state index is 14.1. The molecule has 1 aliphatic heterocycles. The number of sulfonamides is 1. The summed E-state index contributed by atoms with van der Waals surface area (Å²) >= 11 is 0. The molecule has 0 radical (unpaired) electrons. The summed E-state index contributed by atoms with van der Waals surface area (Å²) in [6.45, 7) is 1.54. The van der Waals surface area contributed by atoms with Crippen molar-refractivity contribution in [2.75, 3.05) is 48.2 Å². The quantitative estimate of drug-likeness (QED) is 0.759. The maximum atomic E-state index is 14.1. The molecule has 2 aromatic carbocycles. The van der Waals surface area contributed by atoms with Gasteiger partial charge in [0.2, 0.25) is 15.9 Å². The number of anilines is 2. The van der Waals surface area contributed by atoms with Crippen LogP contribution in [0.15, 0.2) is 48.5 Å². The summed E-state index contributed by atoms with van der Waals surface area (Å²) < 4.78 is 52.1. The van der Waals surface area contributed by atoms with Gasteiger partial charge in [-0.1, -0.05) is 18.2 Å². The second kappa shape index (κ2) is 8.14. The molecule has 0 aromatic heterocycles. The first-order chi connectivity index (χ1) is 13.3. The fourth-order valence-corrected chi connectivity index (χ4v) is 3.99. The number of carbonyl (C=O) groups is 1. The molecule has 6 nitrogen and oxygen atoms in total. The molecule has 9 heteroatoms. The van der Waals surface area contributed by atoms with Crippen LogP contribution in [0.5, 0.6) is 0 Å². The molecule has 3 rings (SSSR count). The fraction of sp³-hybridized carbons (Fsp3) is 0.316. The monoisotopic (exact) mass is 409 g/mol. The molecule has 1 fully saturated rings. The normalized spacial score (nSPS) is 14.8. The first-order valence-electron chi connectivity index (χ1n) is 8.76. The largest absolute Gasteiger partial charge is 0.368 e. The third-order valence-electron chi connectivity index (χ3n) is 4.61. The molecular formula is C19H21F2N3O3S. The summed E-state index contributed by atoms with van der Waals surface area (Å²) in [5, 5.41) is 0. The summed E-state index contributed by atoms with van der Waals surface area (Å²) in [5.41, 5.74) is 0.709. The van der Waals surface area contributed by atoms with Crippen molar-refractivity contribution in [2.45, 2.75) is 0 Å². The third kappa shape index (κ3) is 4.59. The minimum atomic E-state index is -3.93. The van der Waals surface area contributed by atoms with Gasteiger partial charge in [0.05, 0.1) is 11.9 Å². The van der Waals surface area contributed by atoms with Gasteiger partial charge in [-0.15, -0.1) is 0 Å². The van der Waals surface area contributed by atoms with Crippen molar-refractivity contribution in [1.82, 2.24) is 4.90 Å². The van der Waals surface area contributed by atoms with E-state index >= 15 is 0 Å². The summed E-state index contributed by atoms with van der Waals surface area (Å²) in [6, 6.07) is 12.4.